The Morgan fingerprint density at radius 1 is 1.43 bits per heavy atom. The van der Waals surface area contributed by atoms with Gasteiger partial charge in [0.25, 0.3) is 0 Å². The van der Waals surface area contributed by atoms with Crippen LogP contribution in [0, 0.1) is 6.92 Å². The Bertz CT molecular complexity index is 683. The number of hydrogen-bond donors (Lipinski definition) is 1. The highest BCUT2D eigenvalue weighted by Crippen LogP contribution is 2.23. The molecule has 6 nitrogen and oxygen atoms in total. The average Bonchev–Trinajstić information content (AvgIpc) is 2.46. The third kappa shape index (κ3) is 4.22. The Labute approximate surface area is 138 Å². The Hall–Kier alpha value is -1.63. The van der Waals surface area contributed by atoms with Crippen molar-refractivity contribution in [2.75, 3.05) is 25.4 Å². The molecule has 1 saturated heterocycles. The van der Waals surface area contributed by atoms with E-state index in [0.29, 0.717) is 19.6 Å². The molecule has 1 aromatic rings. The Kier molecular flexibility index (Phi) is 5.29. The predicted octanol–water partition coefficient (Wildman–Crippen LogP) is 1.36. The van der Waals surface area contributed by atoms with Crippen LogP contribution in [0.1, 0.15) is 32.2 Å². The molecule has 1 fully saturated rings. The second-order valence-corrected chi connectivity index (χ2v) is 9.18. The molecule has 128 valence electrons. The molecular weight excluding hydrogens is 312 g/mol. The van der Waals surface area contributed by atoms with Crippen molar-refractivity contribution in [3.05, 3.63) is 29.6 Å². The number of nitrogens with one attached hydrogen (secondary N) is 1. The van der Waals surface area contributed by atoms with Crippen LogP contribution >= 0.6 is 0 Å². The second-order valence-electron chi connectivity index (χ2n) is 6.44. The van der Waals surface area contributed by atoms with E-state index in [0.717, 1.165) is 23.9 Å². The molecule has 0 atom stereocenters. The summed E-state index contributed by atoms with van der Waals surface area (Å²) in [7, 11) is -3.05. The van der Waals surface area contributed by atoms with E-state index in [4.69, 9.17) is 0 Å². The van der Waals surface area contributed by atoms with E-state index in [1.165, 1.54) is 0 Å². The summed E-state index contributed by atoms with van der Waals surface area (Å²) in [5.74, 6) is 0.909. The minimum absolute atomic E-state index is 0.160. The standard InChI is InChI=1S/C16H26N4O2S/c1-5-17-15(18-11-14-8-6-7-13(2)19-14)20-9-10-23(21,22)16(3,4)12-20/h6-8H,5,9-12H2,1-4H3,(H,17,18). The average molecular weight is 338 g/mol. The van der Waals surface area contributed by atoms with Crippen molar-refractivity contribution in [1.29, 1.82) is 0 Å². The van der Waals surface area contributed by atoms with Gasteiger partial charge in [-0.3, -0.25) is 4.98 Å². The highest BCUT2D eigenvalue weighted by atomic mass is 32.2. The summed E-state index contributed by atoms with van der Waals surface area (Å²) in [5.41, 5.74) is 1.87. The molecule has 1 aromatic heterocycles. The number of aromatic nitrogens is 1. The fourth-order valence-electron chi connectivity index (χ4n) is 2.59. The van der Waals surface area contributed by atoms with Gasteiger partial charge in [-0.25, -0.2) is 13.4 Å². The molecule has 23 heavy (non-hydrogen) atoms. The van der Waals surface area contributed by atoms with Gasteiger partial charge in [0.1, 0.15) is 0 Å². The highest BCUT2D eigenvalue weighted by molar-refractivity contribution is 7.92. The van der Waals surface area contributed by atoms with Crippen LogP contribution in [0.4, 0.5) is 0 Å². The minimum atomic E-state index is -3.05. The highest BCUT2D eigenvalue weighted by Gasteiger charge is 2.40. The number of hydrogen-bond acceptors (Lipinski definition) is 4. The Morgan fingerprint density at radius 3 is 2.78 bits per heavy atom. The molecule has 0 aliphatic carbocycles. The van der Waals surface area contributed by atoms with Crippen LogP contribution in [0.25, 0.3) is 0 Å². The maximum absolute atomic E-state index is 12.1. The smallest absolute Gasteiger partial charge is 0.194 e. The zero-order valence-electron chi connectivity index (χ0n) is 14.3. The van der Waals surface area contributed by atoms with E-state index in [2.05, 4.69) is 15.3 Å². The van der Waals surface area contributed by atoms with Gasteiger partial charge in [-0.2, -0.15) is 0 Å². The molecule has 1 aliphatic heterocycles. The number of nitrogens with zero attached hydrogens (tertiary/aromatic N) is 3. The van der Waals surface area contributed by atoms with Crippen molar-refractivity contribution in [2.24, 2.45) is 4.99 Å². The van der Waals surface area contributed by atoms with E-state index >= 15 is 0 Å². The Morgan fingerprint density at radius 2 is 2.17 bits per heavy atom. The second kappa shape index (κ2) is 6.86. The van der Waals surface area contributed by atoms with Crippen LogP contribution in [-0.4, -0.2) is 54.4 Å². The first-order chi connectivity index (χ1) is 10.7. The third-order valence-electron chi connectivity index (χ3n) is 4.01. The first-order valence-corrected chi connectivity index (χ1v) is 9.58. The van der Waals surface area contributed by atoms with Crippen LogP contribution in [0.2, 0.25) is 0 Å². The lowest BCUT2D eigenvalue weighted by atomic mass is 10.2. The van der Waals surface area contributed by atoms with E-state index < -0.39 is 14.6 Å². The largest absolute Gasteiger partial charge is 0.357 e. The lowest BCUT2D eigenvalue weighted by Gasteiger charge is -2.39. The summed E-state index contributed by atoms with van der Waals surface area (Å²) in [6.45, 7) is 9.65. The van der Waals surface area contributed by atoms with Gasteiger partial charge in [-0.1, -0.05) is 6.07 Å². The monoisotopic (exact) mass is 338 g/mol. The van der Waals surface area contributed by atoms with Crippen LogP contribution in [0.15, 0.2) is 23.2 Å². The molecule has 0 saturated carbocycles. The molecule has 1 N–H and O–H groups in total. The van der Waals surface area contributed by atoms with Gasteiger partial charge in [-0.15, -0.1) is 0 Å². The van der Waals surface area contributed by atoms with Crippen molar-refractivity contribution >= 4 is 15.8 Å². The van der Waals surface area contributed by atoms with E-state index in [1.54, 1.807) is 13.8 Å². The predicted molar refractivity (Wildman–Crippen MR) is 93.2 cm³/mol. The maximum Gasteiger partial charge on any atom is 0.194 e. The molecule has 2 heterocycles. The Balaban J connectivity index is 2.16. The minimum Gasteiger partial charge on any atom is -0.357 e. The summed E-state index contributed by atoms with van der Waals surface area (Å²) in [6, 6.07) is 5.87. The van der Waals surface area contributed by atoms with Crippen molar-refractivity contribution in [2.45, 2.75) is 39.0 Å². The van der Waals surface area contributed by atoms with Gasteiger partial charge >= 0.3 is 0 Å². The van der Waals surface area contributed by atoms with Gasteiger partial charge in [-0.05, 0) is 39.8 Å². The molecular formula is C16H26N4O2S. The number of sulfone groups is 1. The number of aryl methyl sites for hydroxylation is 1. The van der Waals surface area contributed by atoms with Gasteiger partial charge < -0.3 is 10.2 Å². The molecule has 0 bridgehead atoms. The number of guanidine groups is 1. The van der Waals surface area contributed by atoms with Crippen LogP contribution in [-0.2, 0) is 16.4 Å². The lowest BCUT2D eigenvalue weighted by Crippen LogP contribution is -2.57. The topological polar surface area (TPSA) is 74.7 Å². The fraction of sp³-hybridized carbons (Fsp3) is 0.625. The summed E-state index contributed by atoms with van der Waals surface area (Å²) >= 11 is 0. The molecule has 0 amide bonds. The van der Waals surface area contributed by atoms with Crippen LogP contribution in [0.5, 0.6) is 0 Å². The van der Waals surface area contributed by atoms with Gasteiger partial charge in [0.15, 0.2) is 15.8 Å². The first kappa shape index (κ1) is 17.7. The maximum atomic E-state index is 12.1. The van der Waals surface area contributed by atoms with Gasteiger partial charge in [0.05, 0.1) is 22.7 Å². The quantitative estimate of drug-likeness (QED) is 0.665. The molecule has 7 heteroatoms. The number of pyridine rings is 1. The van der Waals surface area contributed by atoms with Crippen LogP contribution in [0.3, 0.4) is 0 Å². The number of rotatable bonds is 3. The summed E-state index contributed by atoms with van der Waals surface area (Å²) < 4.78 is 23.5. The van der Waals surface area contributed by atoms with Crippen molar-refractivity contribution in [1.82, 2.24) is 15.2 Å². The number of aliphatic imine (C=N–C) groups is 1. The van der Waals surface area contributed by atoms with Gasteiger partial charge in [0, 0.05) is 25.3 Å². The molecule has 2 rings (SSSR count). The van der Waals surface area contributed by atoms with E-state index in [-0.39, 0.29) is 5.75 Å². The van der Waals surface area contributed by atoms with Crippen molar-refractivity contribution in [3.8, 4) is 0 Å². The molecule has 0 aromatic carbocycles. The SMILES string of the molecule is CCNC(=NCc1cccc(C)n1)N1CCS(=O)(=O)C(C)(C)C1. The first-order valence-electron chi connectivity index (χ1n) is 7.93. The lowest BCUT2D eigenvalue weighted by molar-refractivity contribution is 0.353. The van der Waals surface area contributed by atoms with Crippen molar-refractivity contribution < 1.29 is 8.42 Å². The zero-order valence-corrected chi connectivity index (χ0v) is 15.2. The van der Waals surface area contributed by atoms with Gasteiger partial charge in [0.2, 0.25) is 0 Å². The summed E-state index contributed by atoms with van der Waals surface area (Å²) in [4.78, 5) is 11.1. The fourth-order valence-corrected chi connectivity index (χ4v) is 3.96. The molecule has 0 radical (unpaired) electrons. The zero-order chi connectivity index (χ0) is 17.1. The normalized spacial score (nSPS) is 20.3. The van der Waals surface area contributed by atoms with Crippen LogP contribution < -0.4 is 5.32 Å². The molecule has 1 aliphatic rings. The van der Waals surface area contributed by atoms with E-state index in [9.17, 15) is 8.42 Å². The summed E-state index contributed by atoms with van der Waals surface area (Å²) in [5, 5.41) is 3.26. The van der Waals surface area contributed by atoms with E-state index in [1.807, 2.05) is 36.9 Å². The third-order valence-corrected chi connectivity index (χ3v) is 6.55. The van der Waals surface area contributed by atoms with Crippen molar-refractivity contribution in [3.63, 3.8) is 0 Å². The molecule has 0 unspecified atom stereocenters. The molecule has 0 spiro atoms. The summed E-state index contributed by atoms with van der Waals surface area (Å²) in [6.07, 6.45) is 0.